The number of nitrogens with zero attached hydrogens (tertiary/aromatic N) is 1. The number of nitriles is 1. The van der Waals surface area contributed by atoms with Crippen LogP contribution >= 0.6 is 0 Å². The zero-order valence-electron chi connectivity index (χ0n) is 15.0. The predicted octanol–water partition coefficient (Wildman–Crippen LogP) is 3.26. The quantitative estimate of drug-likeness (QED) is 0.849. The van der Waals surface area contributed by atoms with Crippen LogP contribution in [-0.4, -0.2) is 39.5 Å². The van der Waals surface area contributed by atoms with Crippen LogP contribution in [0.4, 0.5) is 8.78 Å². The van der Waals surface area contributed by atoms with Crippen LogP contribution in [0.25, 0.3) is 0 Å². The molecule has 0 heterocycles. The second-order valence-electron chi connectivity index (χ2n) is 4.79. The highest BCUT2D eigenvalue weighted by atomic mass is 19.1. The molecule has 2 rings (SSSR count). The van der Waals surface area contributed by atoms with Gasteiger partial charge >= 0.3 is 5.97 Å². The van der Waals surface area contributed by atoms with Crippen molar-refractivity contribution in [2.45, 2.75) is 0 Å². The standard InChI is InChI=1S/C9H8FNO2.C9H9FO4/c1-12-8-4-9(13-2)7(10)3-6(8)5-11;1-13-7-4-8(14-2)6(10)3-5(7)9(11)12/h3-4H,1-2H3;3-4H,1-2H3,(H,11,12). The van der Waals surface area contributed by atoms with Gasteiger partial charge in [-0.15, -0.1) is 0 Å². The highest BCUT2D eigenvalue weighted by Gasteiger charge is 2.15. The monoisotopic (exact) mass is 381 g/mol. The maximum Gasteiger partial charge on any atom is 0.339 e. The fraction of sp³-hybridized carbons (Fsp3) is 0.222. The maximum absolute atomic E-state index is 13.1. The van der Waals surface area contributed by atoms with Crippen molar-refractivity contribution < 1.29 is 37.6 Å². The normalized spacial score (nSPS) is 9.37. The lowest BCUT2D eigenvalue weighted by Gasteiger charge is -2.07. The molecule has 7 nitrogen and oxygen atoms in total. The molecule has 9 heteroatoms. The van der Waals surface area contributed by atoms with Crippen molar-refractivity contribution in [2.24, 2.45) is 0 Å². The average Bonchev–Trinajstić information content (AvgIpc) is 2.67. The number of methoxy groups -OCH3 is 4. The van der Waals surface area contributed by atoms with Gasteiger partial charge in [-0.05, 0) is 12.1 Å². The van der Waals surface area contributed by atoms with Crippen LogP contribution in [0.2, 0.25) is 0 Å². The molecule has 0 unspecified atom stereocenters. The third-order valence-electron chi connectivity index (χ3n) is 3.30. The van der Waals surface area contributed by atoms with Crippen LogP contribution in [0.15, 0.2) is 24.3 Å². The van der Waals surface area contributed by atoms with Crippen molar-refractivity contribution in [1.29, 1.82) is 5.26 Å². The molecular weight excluding hydrogens is 364 g/mol. The number of aromatic carboxylic acids is 1. The molecule has 0 amide bonds. The summed E-state index contributed by atoms with van der Waals surface area (Å²) in [4.78, 5) is 10.6. The van der Waals surface area contributed by atoms with Gasteiger partial charge in [-0.25, -0.2) is 13.6 Å². The van der Waals surface area contributed by atoms with Crippen molar-refractivity contribution in [2.75, 3.05) is 28.4 Å². The topological polar surface area (TPSA) is 98.0 Å². The molecule has 0 radical (unpaired) electrons. The molecule has 144 valence electrons. The third-order valence-corrected chi connectivity index (χ3v) is 3.30. The number of hydrogen-bond acceptors (Lipinski definition) is 6. The largest absolute Gasteiger partial charge is 0.496 e. The number of carbonyl (C=O) groups is 1. The Morgan fingerprint density at radius 3 is 1.70 bits per heavy atom. The Labute approximate surface area is 154 Å². The minimum Gasteiger partial charge on any atom is -0.496 e. The summed E-state index contributed by atoms with van der Waals surface area (Å²) in [6.07, 6.45) is 0. The number of halogens is 2. The minimum atomic E-state index is -1.25. The van der Waals surface area contributed by atoms with E-state index in [-0.39, 0.29) is 28.4 Å². The Hall–Kier alpha value is -3.54. The lowest BCUT2D eigenvalue weighted by Crippen LogP contribution is -2.02. The van der Waals surface area contributed by atoms with Crippen molar-refractivity contribution in [3.8, 4) is 29.1 Å². The van der Waals surface area contributed by atoms with E-state index in [4.69, 9.17) is 24.6 Å². The summed E-state index contributed by atoms with van der Waals surface area (Å²) in [6.45, 7) is 0. The van der Waals surface area contributed by atoms with Crippen molar-refractivity contribution >= 4 is 5.97 Å². The molecule has 0 atom stereocenters. The molecule has 0 saturated carbocycles. The van der Waals surface area contributed by atoms with E-state index in [1.807, 2.05) is 6.07 Å². The summed E-state index contributed by atoms with van der Waals surface area (Å²) in [5.74, 6) is -2.16. The zero-order chi connectivity index (χ0) is 20.6. The van der Waals surface area contributed by atoms with Gasteiger partial charge < -0.3 is 24.1 Å². The third kappa shape index (κ3) is 5.22. The molecule has 2 aromatic rings. The molecular formula is C18H17F2NO6. The Balaban J connectivity index is 0.000000271. The number of carboxylic acids is 1. The number of carboxylic acid groups (broad SMARTS) is 1. The highest BCUT2D eigenvalue weighted by Crippen LogP contribution is 2.28. The average molecular weight is 381 g/mol. The first-order valence-corrected chi connectivity index (χ1v) is 7.29. The van der Waals surface area contributed by atoms with Crippen molar-refractivity contribution in [1.82, 2.24) is 0 Å². The van der Waals surface area contributed by atoms with Gasteiger partial charge in [-0.2, -0.15) is 5.26 Å². The molecule has 0 aliphatic heterocycles. The molecule has 1 N–H and O–H groups in total. The van der Waals surface area contributed by atoms with Crippen molar-refractivity contribution in [3.05, 3.63) is 47.0 Å². The van der Waals surface area contributed by atoms with Crippen molar-refractivity contribution in [3.63, 3.8) is 0 Å². The van der Waals surface area contributed by atoms with Gasteiger partial charge in [0.15, 0.2) is 23.1 Å². The first kappa shape index (κ1) is 21.5. The van der Waals surface area contributed by atoms with Gasteiger partial charge in [-0.1, -0.05) is 0 Å². The van der Waals surface area contributed by atoms with E-state index in [0.29, 0.717) is 5.75 Å². The fourth-order valence-electron chi connectivity index (χ4n) is 1.97. The molecule has 0 bridgehead atoms. The van der Waals surface area contributed by atoms with Crippen LogP contribution in [0.1, 0.15) is 15.9 Å². The summed E-state index contributed by atoms with van der Waals surface area (Å²) in [5.41, 5.74) is -0.0772. The SMILES string of the molecule is COc1cc(OC)c(C#N)cc1F.COc1cc(OC)c(C(=O)O)cc1F. The lowest BCUT2D eigenvalue weighted by atomic mass is 10.2. The molecule has 0 saturated heterocycles. The summed E-state index contributed by atoms with van der Waals surface area (Å²) in [6, 6.07) is 6.29. The van der Waals surface area contributed by atoms with E-state index in [2.05, 4.69) is 4.74 Å². The van der Waals surface area contributed by atoms with Crippen LogP contribution in [0.5, 0.6) is 23.0 Å². The molecule has 0 aromatic heterocycles. The zero-order valence-corrected chi connectivity index (χ0v) is 15.0. The van der Waals surface area contributed by atoms with Gasteiger partial charge in [0.1, 0.15) is 23.1 Å². The van der Waals surface area contributed by atoms with Gasteiger partial charge in [0, 0.05) is 12.1 Å². The van der Waals surface area contributed by atoms with Crippen LogP contribution in [0.3, 0.4) is 0 Å². The van der Waals surface area contributed by atoms with E-state index < -0.39 is 17.6 Å². The number of hydrogen-bond donors (Lipinski definition) is 1. The van der Waals surface area contributed by atoms with Gasteiger partial charge in [0.2, 0.25) is 0 Å². The first-order valence-electron chi connectivity index (χ1n) is 7.29. The van der Waals surface area contributed by atoms with E-state index in [9.17, 15) is 13.6 Å². The smallest absolute Gasteiger partial charge is 0.339 e. The van der Waals surface area contributed by atoms with Gasteiger partial charge in [-0.3, -0.25) is 0 Å². The van der Waals surface area contributed by atoms with E-state index >= 15 is 0 Å². The van der Waals surface area contributed by atoms with E-state index in [1.165, 1.54) is 40.6 Å². The van der Waals surface area contributed by atoms with Gasteiger partial charge in [0.05, 0.1) is 34.0 Å². The fourth-order valence-corrected chi connectivity index (χ4v) is 1.97. The Bertz CT molecular complexity index is 864. The molecule has 0 aliphatic carbocycles. The van der Waals surface area contributed by atoms with E-state index in [0.717, 1.165) is 12.1 Å². The lowest BCUT2D eigenvalue weighted by molar-refractivity contribution is 0.0692. The summed E-state index contributed by atoms with van der Waals surface area (Å²) in [7, 11) is 5.36. The number of rotatable bonds is 5. The Morgan fingerprint density at radius 1 is 0.852 bits per heavy atom. The molecule has 0 spiro atoms. The second kappa shape index (κ2) is 9.82. The van der Waals surface area contributed by atoms with E-state index in [1.54, 1.807) is 0 Å². The molecule has 2 aromatic carbocycles. The Kier molecular flexibility index (Phi) is 7.82. The highest BCUT2D eigenvalue weighted by molar-refractivity contribution is 5.91. The molecule has 0 fully saturated rings. The van der Waals surface area contributed by atoms with Crippen LogP contribution in [-0.2, 0) is 0 Å². The molecule has 0 aliphatic rings. The van der Waals surface area contributed by atoms with Gasteiger partial charge in [0.25, 0.3) is 0 Å². The first-order chi connectivity index (χ1) is 12.8. The Morgan fingerprint density at radius 2 is 1.30 bits per heavy atom. The predicted molar refractivity (Wildman–Crippen MR) is 90.7 cm³/mol. The second-order valence-corrected chi connectivity index (χ2v) is 4.79. The molecule has 27 heavy (non-hydrogen) atoms. The van der Waals surface area contributed by atoms with Crippen LogP contribution in [0, 0.1) is 23.0 Å². The summed E-state index contributed by atoms with van der Waals surface area (Å²) >= 11 is 0. The summed E-state index contributed by atoms with van der Waals surface area (Å²) < 4.78 is 45.1. The number of benzene rings is 2. The van der Waals surface area contributed by atoms with Crippen LogP contribution < -0.4 is 18.9 Å². The summed E-state index contributed by atoms with van der Waals surface area (Å²) in [5, 5.41) is 17.3. The minimum absolute atomic E-state index is 0.0492. The number of ether oxygens (including phenoxy) is 4. The maximum atomic E-state index is 13.1.